The Labute approximate surface area is 183 Å². The largest absolute Gasteiger partial charge is 0.507 e. The maximum absolute atomic E-state index is 13.1. The van der Waals surface area contributed by atoms with Crippen LogP contribution in [0.1, 0.15) is 43.0 Å². The van der Waals surface area contributed by atoms with Gasteiger partial charge in [-0.05, 0) is 50.5 Å². The van der Waals surface area contributed by atoms with Gasteiger partial charge in [0.15, 0.2) is 0 Å². The first kappa shape index (κ1) is 22.6. The minimum Gasteiger partial charge on any atom is -0.507 e. The van der Waals surface area contributed by atoms with Crippen molar-refractivity contribution in [2.24, 2.45) is 0 Å². The molecule has 0 aromatic heterocycles. The summed E-state index contributed by atoms with van der Waals surface area (Å²) in [4.78, 5) is 27.6. The number of amides is 1. The van der Waals surface area contributed by atoms with Crippen molar-refractivity contribution < 1.29 is 24.2 Å². The second-order valence-corrected chi connectivity index (χ2v) is 7.82. The number of likely N-dealkylation sites (tertiary alicyclic amines) is 1. The average Bonchev–Trinajstić information content (AvgIpc) is 3.01. The Morgan fingerprint density at radius 1 is 1.10 bits per heavy atom. The number of aliphatic hydroxyl groups is 1. The van der Waals surface area contributed by atoms with Crippen molar-refractivity contribution in [1.29, 1.82) is 0 Å². The standard InChI is InChI=1S/C25H29NO5/c1-16(2)31-15-9-14-26-22(18-11-6-5-10-17(18)3)21(24(28)25(26)29)23(27)19-12-7-8-13-20(19)30-4/h5-8,10-13,16,22,27H,9,14-15H2,1-4H3/b23-21+. The SMILES string of the molecule is COc1ccccc1/C(O)=C1\C(=O)C(=O)N(CCCOC(C)C)C1c1ccccc1C. The van der Waals surface area contributed by atoms with Crippen molar-refractivity contribution in [1.82, 2.24) is 4.90 Å². The molecule has 1 amide bonds. The summed E-state index contributed by atoms with van der Waals surface area (Å²) in [5.74, 6) is -1.11. The topological polar surface area (TPSA) is 76.1 Å². The van der Waals surface area contributed by atoms with Gasteiger partial charge in [-0.15, -0.1) is 0 Å². The van der Waals surface area contributed by atoms with Crippen LogP contribution in [0.15, 0.2) is 54.1 Å². The maximum atomic E-state index is 13.1. The van der Waals surface area contributed by atoms with Gasteiger partial charge >= 0.3 is 0 Å². The molecule has 0 aliphatic carbocycles. The molecule has 0 spiro atoms. The molecule has 0 bridgehead atoms. The van der Waals surface area contributed by atoms with Gasteiger partial charge in [-0.25, -0.2) is 0 Å². The van der Waals surface area contributed by atoms with E-state index in [1.807, 2.05) is 45.0 Å². The van der Waals surface area contributed by atoms with Crippen LogP contribution in [0.3, 0.4) is 0 Å². The van der Waals surface area contributed by atoms with E-state index in [1.54, 1.807) is 24.3 Å². The molecular formula is C25H29NO5. The fourth-order valence-electron chi connectivity index (χ4n) is 3.87. The first-order valence-electron chi connectivity index (χ1n) is 10.5. The monoisotopic (exact) mass is 423 g/mol. The minimum absolute atomic E-state index is 0.0774. The van der Waals surface area contributed by atoms with Crippen molar-refractivity contribution in [3.05, 3.63) is 70.8 Å². The maximum Gasteiger partial charge on any atom is 0.295 e. The summed E-state index contributed by atoms with van der Waals surface area (Å²) in [7, 11) is 1.50. The molecule has 1 saturated heterocycles. The molecule has 1 N–H and O–H groups in total. The van der Waals surface area contributed by atoms with E-state index < -0.39 is 17.7 Å². The molecule has 1 unspecified atom stereocenters. The van der Waals surface area contributed by atoms with Crippen molar-refractivity contribution >= 4 is 17.4 Å². The Morgan fingerprint density at radius 3 is 2.45 bits per heavy atom. The number of rotatable bonds is 8. The van der Waals surface area contributed by atoms with Gasteiger partial charge in [0, 0.05) is 13.2 Å². The van der Waals surface area contributed by atoms with Crippen LogP contribution in [0, 0.1) is 6.92 Å². The number of methoxy groups -OCH3 is 1. The molecule has 6 nitrogen and oxygen atoms in total. The van der Waals surface area contributed by atoms with Crippen LogP contribution in [0.5, 0.6) is 5.75 Å². The predicted octanol–water partition coefficient (Wildman–Crippen LogP) is 4.24. The van der Waals surface area contributed by atoms with Gasteiger partial charge in [-0.3, -0.25) is 9.59 Å². The number of ketones is 1. The van der Waals surface area contributed by atoms with Crippen LogP contribution in [0.25, 0.3) is 5.76 Å². The number of nitrogens with zero attached hydrogens (tertiary/aromatic N) is 1. The van der Waals surface area contributed by atoms with Crippen molar-refractivity contribution in [2.45, 2.75) is 39.3 Å². The highest BCUT2D eigenvalue weighted by Gasteiger charge is 2.46. The number of para-hydroxylation sites is 1. The summed E-state index contributed by atoms with van der Waals surface area (Å²) in [5, 5.41) is 11.2. The number of aliphatic hydroxyl groups excluding tert-OH is 1. The van der Waals surface area contributed by atoms with E-state index in [1.165, 1.54) is 12.0 Å². The van der Waals surface area contributed by atoms with E-state index in [-0.39, 0.29) is 17.4 Å². The minimum atomic E-state index is -0.693. The molecule has 0 radical (unpaired) electrons. The summed E-state index contributed by atoms with van der Waals surface area (Å²) in [6.45, 7) is 6.66. The smallest absolute Gasteiger partial charge is 0.295 e. The number of ether oxygens (including phenoxy) is 2. The Bertz CT molecular complexity index is 995. The first-order valence-corrected chi connectivity index (χ1v) is 10.5. The lowest BCUT2D eigenvalue weighted by atomic mass is 9.92. The Kier molecular flexibility index (Phi) is 7.13. The molecule has 1 atom stereocenters. The lowest BCUT2D eigenvalue weighted by molar-refractivity contribution is -0.140. The van der Waals surface area contributed by atoms with E-state index in [0.29, 0.717) is 30.9 Å². The van der Waals surface area contributed by atoms with Crippen LogP contribution in [-0.2, 0) is 14.3 Å². The lowest BCUT2D eigenvalue weighted by Gasteiger charge is -2.26. The molecule has 6 heteroatoms. The summed E-state index contributed by atoms with van der Waals surface area (Å²) < 4.78 is 11.0. The molecule has 0 saturated carbocycles. The van der Waals surface area contributed by atoms with E-state index in [9.17, 15) is 14.7 Å². The third-order valence-electron chi connectivity index (χ3n) is 5.38. The Hall–Kier alpha value is -3.12. The predicted molar refractivity (Wildman–Crippen MR) is 119 cm³/mol. The fourth-order valence-corrected chi connectivity index (χ4v) is 3.87. The molecule has 1 heterocycles. The van der Waals surface area contributed by atoms with Gasteiger partial charge < -0.3 is 19.5 Å². The molecular weight excluding hydrogens is 394 g/mol. The zero-order chi connectivity index (χ0) is 22.5. The second-order valence-electron chi connectivity index (χ2n) is 7.82. The Balaban J connectivity index is 2.09. The van der Waals surface area contributed by atoms with Crippen LogP contribution < -0.4 is 4.74 Å². The molecule has 1 aliphatic heterocycles. The van der Waals surface area contributed by atoms with Crippen molar-refractivity contribution in [3.8, 4) is 5.75 Å². The van der Waals surface area contributed by atoms with Gasteiger partial charge in [0.2, 0.25) is 0 Å². The molecule has 164 valence electrons. The highest BCUT2D eigenvalue weighted by molar-refractivity contribution is 6.46. The molecule has 2 aromatic rings. The van der Waals surface area contributed by atoms with Crippen LogP contribution >= 0.6 is 0 Å². The van der Waals surface area contributed by atoms with Gasteiger partial charge in [0.1, 0.15) is 11.5 Å². The third-order valence-corrected chi connectivity index (χ3v) is 5.38. The van der Waals surface area contributed by atoms with Gasteiger partial charge in [0.25, 0.3) is 11.7 Å². The number of aryl methyl sites for hydroxylation is 1. The van der Waals surface area contributed by atoms with Crippen LogP contribution in [-0.4, -0.2) is 48.1 Å². The zero-order valence-corrected chi connectivity index (χ0v) is 18.4. The molecule has 3 rings (SSSR count). The quantitative estimate of drug-likeness (QED) is 0.297. The number of hydrogen-bond acceptors (Lipinski definition) is 5. The highest BCUT2D eigenvalue weighted by atomic mass is 16.5. The molecule has 2 aromatic carbocycles. The molecule has 1 fully saturated rings. The zero-order valence-electron chi connectivity index (χ0n) is 18.4. The van der Waals surface area contributed by atoms with Gasteiger partial charge in [-0.1, -0.05) is 36.4 Å². The highest BCUT2D eigenvalue weighted by Crippen LogP contribution is 2.41. The Morgan fingerprint density at radius 2 is 1.77 bits per heavy atom. The lowest BCUT2D eigenvalue weighted by Crippen LogP contribution is -2.31. The normalized spacial score (nSPS) is 18.1. The summed E-state index contributed by atoms with van der Waals surface area (Å²) >= 11 is 0. The number of Topliss-reactive ketones (excluding diaryl/α,β-unsaturated/α-hetero) is 1. The second kappa shape index (κ2) is 9.79. The van der Waals surface area contributed by atoms with Gasteiger partial charge in [-0.2, -0.15) is 0 Å². The number of carbonyl (C=O) groups excluding carboxylic acids is 2. The van der Waals surface area contributed by atoms with E-state index in [0.717, 1.165) is 11.1 Å². The summed E-state index contributed by atoms with van der Waals surface area (Å²) in [5.41, 5.74) is 2.20. The van der Waals surface area contributed by atoms with Crippen molar-refractivity contribution in [3.63, 3.8) is 0 Å². The van der Waals surface area contributed by atoms with E-state index in [2.05, 4.69) is 0 Å². The van der Waals surface area contributed by atoms with Crippen LogP contribution in [0.4, 0.5) is 0 Å². The van der Waals surface area contributed by atoms with E-state index >= 15 is 0 Å². The van der Waals surface area contributed by atoms with Crippen molar-refractivity contribution in [2.75, 3.05) is 20.3 Å². The van der Waals surface area contributed by atoms with E-state index in [4.69, 9.17) is 9.47 Å². The summed E-state index contributed by atoms with van der Waals surface area (Å²) in [6.07, 6.45) is 0.676. The fraction of sp³-hybridized carbons (Fsp3) is 0.360. The number of hydrogen-bond donors (Lipinski definition) is 1. The molecule has 1 aliphatic rings. The average molecular weight is 424 g/mol. The third kappa shape index (κ3) is 4.64. The summed E-state index contributed by atoms with van der Waals surface area (Å²) in [6, 6.07) is 13.8. The number of benzene rings is 2. The van der Waals surface area contributed by atoms with Gasteiger partial charge in [0.05, 0.1) is 30.4 Å². The molecule has 31 heavy (non-hydrogen) atoms. The first-order chi connectivity index (χ1) is 14.9. The van der Waals surface area contributed by atoms with Crippen LogP contribution in [0.2, 0.25) is 0 Å². The number of carbonyl (C=O) groups is 2.